The molecule has 1 N–H and O–H groups in total. The van der Waals surface area contributed by atoms with Crippen molar-refractivity contribution in [1.82, 2.24) is 0 Å². The van der Waals surface area contributed by atoms with Gasteiger partial charge in [-0.2, -0.15) is 0 Å². The zero-order chi connectivity index (χ0) is 24.0. The van der Waals surface area contributed by atoms with Crippen molar-refractivity contribution in [3.05, 3.63) is 88.5 Å². The average molecular weight is 513 g/mol. The molecule has 0 aliphatic heterocycles. The molecule has 0 unspecified atom stereocenters. The molecular formula is C23H22N4O5Se. The Hall–Kier alpha value is -3.88. The van der Waals surface area contributed by atoms with Crippen molar-refractivity contribution >= 4 is 50.8 Å². The molecule has 0 atom stereocenters. The summed E-state index contributed by atoms with van der Waals surface area (Å²) in [7, 11) is 3.90. The number of carbonyl (C=O) groups excluding carboxylic acids is 1. The van der Waals surface area contributed by atoms with Gasteiger partial charge in [-0.15, -0.1) is 0 Å². The summed E-state index contributed by atoms with van der Waals surface area (Å²) in [6.45, 7) is -0.0805. The van der Waals surface area contributed by atoms with Gasteiger partial charge in [-0.25, -0.2) is 0 Å². The van der Waals surface area contributed by atoms with E-state index in [2.05, 4.69) is 10.3 Å². The van der Waals surface area contributed by atoms with E-state index >= 15 is 0 Å². The Kier molecular flexibility index (Phi) is 7.32. The molecule has 9 nitrogen and oxygen atoms in total. The summed E-state index contributed by atoms with van der Waals surface area (Å²) in [4.78, 5) is 28.4. The maximum atomic E-state index is 12.8. The number of rotatable bonds is 8. The number of nitro groups is 1. The third-order valence-corrected chi connectivity index (χ3v) is 8.44. The number of nitrogens with zero attached hydrogens (tertiary/aromatic N) is 3. The first kappa shape index (κ1) is 23.8. The van der Waals surface area contributed by atoms with E-state index in [1.807, 2.05) is 43.3 Å². The quantitative estimate of drug-likeness (QED) is 0.213. The second-order valence-electron chi connectivity index (χ2n) is 7.28. The van der Waals surface area contributed by atoms with Gasteiger partial charge < -0.3 is 4.90 Å². The summed E-state index contributed by atoms with van der Waals surface area (Å²) in [6, 6.07) is 18.2. The summed E-state index contributed by atoms with van der Waals surface area (Å²) in [5, 5.41) is 13.4. The van der Waals surface area contributed by atoms with E-state index in [1.54, 1.807) is 6.21 Å². The number of benzene rings is 3. The number of hydrogen-bond acceptors (Lipinski definition) is 7. The van der Waals surface area contributed by atoms with Crippen LogP contribution in [-0.4, -0.2) is 50.4 Å². The van der Waals surface area contributed by atoms with Crippen LogP contribution in [0.3, 0.4) is 0 Å². The van der Waals surface area contributed by atoms with Crippen molar-refractivity contribution in [3.63, 3.8) is 0 Å². The molecule has 0 aliphatic carbocycles. The second kappa shape index (κ2) is 10.2. The van der Waals surface area contributed by atoms with E-state index < -0.39 is 17.6 Å². The summed E-state index contributed by atoms with van der Waals surface area (Å²) < 4.78 is 25.6. The number of nitro benzene ring substituents is 1. The Morgan fingerprint density at radius 1 is 0.970 bits per heavy atom. The van der Waals surface area contributed by atoms with Gasteiger partial charge in [0.15, 0.2) is 0 Å². The first-order valence-corrected chi connectivity index (χ1v) is 12.9. The second-order valence-corrected chi connectivity index (χ2v) is 11.4. The Morgan fingerprint density at radius 3 is 2.03 bits per heavy atom. The fourth-order valence-electron chi connectivity index (χ4n) is 2.89. The molecule has 1 amide bonds. The van der Waals surface area contributed by atoms with Gasteiger partial charge in [0, 0.05) is 19.8 Å². The minimum absolute atomic E-state index is 0.0154. The van der Waals surface area contributed by atoms with Crippen LogP contribution >= 0.6 is 0 Å². The van der Waals surface area contributed by atoms with Crippen LogP contribution in [0.4, 0.5) is 17.1 Å². The van der Waals surface area contributed by atoms with Gasteiger partial charge >= 0.3 is 168 Å². The van der Waals surface area contributed by atoms with E-state index in [-0.39, 0.29) is 27.1 Å². The van der Waals surface area contributed by atoms with Crippen molar-refractivity contribution in [1.29, 1.82) is 0 Å². The molecule has 3 aromatic carbocycles. The van der Waals surface area contributed by atoms with Gasteiger partial charge in [0.25, 0.3) is 0 Å². The molecule has 0 aromatic heterocycles. The molecule has 0 fully saturated rings. The van der Waals surface area contributed by atoms with Gasteiger partial charge in [0.05, 0.1) is 0 Å². The van der Waals surface area contributed by atoms with Gasteiger partial charge in [-0.05, 0) is 0 Å². The number of hydrogen-bond donors (Lipinski definition) is 1. The molecule has 0 bridgehead atoms. The topological polar surface area (TPSA) is 122 Å². The van der Waals surface area contributed by atoms with Crippen LogP contribution in [-0.2, 0) is 12.5 Å². The maximum absolute atomic E-state index is 12.8. The molecule has 170 valence electrons. The Bertz CT molecular complexity index is 1270. The molecule has 0 radical (unpaired) electrons. The van der Waals surface area contributed by atoms with E-state index in [4.69, 9.17) is 0 Å². The first-order chi connectivity index (χ1) is 15.7. The molecular weight excluding hydrogens is 491 g/mol. The predicted molar refractivity (Wildman–Crippen MR) is 128 cm³/mol. The molecule has 3 rings (SSSR count). The van der Waals surface area contributed by atoms with Crippen molar-refractivity contribution in [2.24, 2.45) is 4.99 Å². The molecule has 33 heavy (non-hydrogen) atoms. The number of aliphatic imine (C=N–C) groups is 1. The molecule has 10 heteroatoms. The fourth-order valence-corrected chi connectivity index (χ4v) is 5.54. The molecule has 0 saturated carbocycles. The van der Waals surface area contributed by atoms with E-state index in [0.717, 1.165) is 23.4 Å². The molecule has 0 heterocycles. The number of nitrogens with one attached hydrogen (secondary N) is 1. The van der Waals surface area contributed by atoms with Gasteiger partial charge in [0.1, 0.15) is 0 Å². The van der Waals surface area contributed by atoms with Crippen molar-refractivity contribution in [2.45, 2.75) is 0 Å². The van der Waals surface area contributed by atoms with E-state index in [1.165, 1.54) is 36.4 Å². The zero-order valence-electron chi connectivity index (χ0n) is 18.0. The number of non-ortho nitro benzene ring substituents is 1. The first-order valence-electron chi connectivity index (χ1n) is 9.83. The summed E-state index contributed by atoms with van der Waals surface area (Å²) in [6.07, 6.45) is 1.61. The van der Waals surface area contributed by atoms with Crippen LogP contribution in [0.5, 0.6) is 0 Å². The van der Waals surface area contributed by atoms with E-state index in [9.17, 15) is 22.6 Å². The summed E-state index contributed by atoms with van der Waals surface area (Å²) in [5.41, 5.74) is 2.19. The average Bonchev–Trinajstić information content (AvgIpc) is 2.80. The van der Waals surface area contributed by atoms with Gasteiger partial charge in [-0.1, -0.05) is 0 Å². The van der Waals surface area contributed by atoms with Crippen LogP contribution in [0.25, 0.3) is 0 Å². The Morgan fingerprint density at radius 2 is 1.52 bits per heavy atom. The normalized spacial score (nSPS) is 11.3. The van der Waals surface area contributed by atoms with Crippen LogP contribution in [0, 0.1) is 10.1 Å². The predicted octanol–water partition coefficient (Wildman–Crippen LogP) is 2.14. The SMILES string of the molecule is CN(C)c1ccc(C=NCC(=O)Nc2ccc([Se](=O)(=O)c3ccc([N+](=O)[O-])cc3)cc2)cc1. The molecule has 0 spiro atoms. The molecule has 0 saturated heterocycles. The monoisotopic (exact) mass is 514 g/mol. The number of anilines is 2. The third kappa shape index (κ3) is 6.09. The Labute approximate surface area is 192 Å². The van der Waals surface area contributed by atoms with Crippen molar-refractivity contribution in [2.75, 3.05) is 30.9 Å². The summed E-state index contributed by atoms with van der Waals surface area (Å²) >= 11 is -4.72. The minimum atomic E-state index is -4.72. The van der Waals surface area contributed by atoms with Gasteiger partial charge in [-0.3, -0.25) is 0 Å². The standard InChI is InChI=1S/C23H22N4O5Se/c1-26(2)19-7-3-17(4-8-19)15-24-16-23(28)25-18-5-11-21(12-6-18)33(31,32)22-13-9-20(10-14-22)27(29)30/h3-15H,16H2,1-2H3,(H,25,28). The zero-order valence-corrected chi connectivity index (χ0v) is 19.7. The van der Waals surface area contributed by atoms with Crippen molar-refractivity contribution < 1.29 is 17.4 Å². The van der Waals surface area contributed by atoms with Crippen LogP contribution in [0.15, 0.2) is 77.8 Å². The van der Waals surface area contributed by atoms with Crippen LogP contribution in [0.1, 0.15) is 5.56 Å². The summed E-state index contributed by atoms with van der Waals surface area (Å²) in [5.74, 6) is -0.339. The fraction of sp³-hybridized carbons (Fsp3) is 0.130. The molecule has 0 aliphatic rings. The number of carbonyl (C=O) groups is 1. The van der Waals surface area contributed by atoms with E-state index in [0.29, 0.717) is 5.69 Å². The van der Waals surface area contributed by atoms with Gasteiger partial charge in [0.2, 0.25) is 0 Å². The Balaban J connectivity index is 1.60. The van der Waals surface area contributed by atoms with Crippen molar-refractivity contribution in [3.8, 4) is 0 Å². The number of amides is 1. The van der Waals surface area contributed by atoms with Crippen LogP contribution in [0.2, 0.25) is 0 Å². The third-order valence-electron chi connectivity index (χ3n) is 4.69. The molecule has 3 aromatic rings. The van der Waals surface area contributed by atoms with Crippen LogP contribution < -0.4 is 19.1 Å².